The number of benzene rings is 1. The summed E-state index contributed by atoms with van der Waals surface area (Å²) in [6.07, 6.45) is 1.27. The highest BCUT2D eigenvalue weighted by atomic mass is 15.0. The highest BCUT2D eigenvalue weighted by Gasteiger charge is 2.20. The fraction of sp³-hybridized carbons (Fsp3) is 0.385. The van der Waals surface area contributed by atoms with Gasteiger partial charge in [-0.2, -0.15) is 0 Å². The average molecular weight is 200 g/mol. The van der Waals surface area contributed by atoms with Gasteiger partial charge in [0.25, 0.3) is 0 Å². The molecule has 1 aliphatic rings. The first-order valence-electron chi connectivity index (χ1n) is 5.61. The van der Waals surface area contributed by atoms with Gasteiger partial charge in [0.05, 0.1) is 0 Å². The van der Waals surface area contributed by atoms with Gasteiger partial charge in [-0.25, -0.2) is 0 Å². The minimum absolute atomic E-state index is 0.697. The molecular weight excluding hydrogens is 184 g/mol. The van der Waals surface area contributed by atoms with E-state index in [2.05, 4.69) is 47.3 Å². The molecule has 1 fully saturated rings. The summed E-state index contributed by atoms with van der Waals surface area (Å²) < 4.78 is 2.34. The van der Waals surface area contributed by atoms with Crippen LogP contribution in [0.4, 0.5) is 0 Å². The van der Waals surface area contributed by atoms with Crippen LogP contribution in [0.15, 0.2) is 30.3 Å². The van der Waals surface area contributed by atoms with Crippen LogP contribution in [-0.4, -0.2) is 17.7 Å². The maximum atomic E-state index is 3.43. The van der Waals surface area contributed by atoms with Gasteiger partial charge >= 0.3 is 0 Å². The molecule has 15 heavy (non-hydrogen) atoms. The van der Waals surface area contributed by atoms with Crippen LogP contribution in [0.25, 0.3) is 10.9 Å². The summed E-state index contributed by atoms with van der Waals surface area (Å²) in [5, 5.41) is 4.79. The molecule has 1 N–H and O–H groups in total. The minimum Gasteiger partial charge on any atom is -0.347 e. The Morgan fingerprint density at radius 2 is 2.20 bits per heavy atom. The second-order valence-electron chi connectivity index (χ2n) is 4.38. The van der Waals surface area contributed by atoms with Crippen LogP contribution >= 0.6 is 0 Å². The molecule has 0 radical (unpaired) electrons. The first-order chi connectivity index (χ1) is 7.36. The Hall–Kier alpha value is -1.28. The minimum atomic E-state index is 0.697. The number of fused-ring (bicyclic) bond motifs is 1. The van der Waals surface area contributed by atoms with E-state index in [1.54, 1.807) is 0 Å². The SMILES string of the molecule is Cn1c(C2CCNC2)cc2ccccc21. The lowest BCUT2D eigenvalue weighted by atomic mass is 10.1. The van der Waals surface area contributed by atoms with Crippen molar-refractivity contribution in [2.75, 3.05) is 13.1 Å². The van der Waals surface area contributed by atoms with Crippen molar-refractivity contribution >= 4 is 10.9 Å². The Bertz CT molecular complexity index is 478. The molecule has 1 unspecified atom stereocenters. The second-order valence-corrected chi connectivity index (χ2v) is 4.38. The molecule has 2 heterocycles. The highest BCUT2D eigenvalue weighted by molar-refractivity contribution is 5.81. The third-order valence-electron chi connectivity index (χ3n) is 3.47. The highest BCUT2D eigenvalue weighted by Crippen LogP contribution is 2.27. The van der Waals surface area contributed by atoms with Crippen molar-refractivity contribution in [3.05, 3.63) is 36.0 Å². The number of nitrogens with one attached hydrogen (secondary N) is 1. The van der Waals surface area contributed by atoms with Crippen molar-refractivity contribution in [3.8, 4) is 0 Å². The molecule has 1 aliphatic heterocycles. The molecular formula is C13H16N2. The number of aryl methyl sites for hydroxylation is 1. The molecule has 2 heteroatoms. The van der Waals surface area contributed by atoms with Crippen molar-refractivity contribution < 1.29 is 0 Å². The van der Waals surface area contributed by atoms with E-state index in [1.807, 2.05) is 0 Å². The topological polar surface area (TPSA) is 17.0 Å². The van der Waals surface area contributed by atoms with Crippen LogP contribution in [0.3, 0.4) is 0 Å². The van der Waals surface area contributed by atoms with Gasteiger partial charge in [-0.1, -0.05) is 18.2 Å². The van der Waals surface area contributed by atoms with Gasteiger partial charge in [-0.15, -0.1) is 0 Å². The Balaban J connectivity index is 2.14. The smallest absolute Gasteiger partial charge is 0.0479 e. The summed E-state index contributed by atoms with van der Waals surface area (Å²) in [6.45, 7) is 2.29. The third kappa shape index (κ3) is 1.37. The predicted molar refractivity (Wildman–Crippen MR) is 63.1 cm³/mol. The van der Waals surface area contributed by atoms with E-state index in [1.165, 1.54) is 23.0 Å². The summed E-state index contributed by atoms with van der Waals surface area (Å²) in [5.74, 6) is 0.697. The van der Waals surface area contributed by atoms with Gasteiger partial charge in [-0.3, -0.25) is 0 Å². The Morgan fingerprint density at radius 3 is 2.93 bits per heavy atom. The van der Waals surface area contributed by atoms with Gasteiger partial charge in [0, 0.05) is 30.7 Å². The first kappa shape index (κ1) is 8.98. The maximum absolute atomic E-state index is 3.43. The number of para-hydroxylation sites is 1. The zero-order valence-corrected chi connectivity index (χ0v) is 9.03. The second kappa shape index (κ2) is 3.38. The molecule has 1 aromatic carbocycles. The Kier molecular flexibility index (Phi) is 2.03. The number of aromatic nitrogens is 1. The van der Waals surface area contributed by atoms with E-state index in [4.69, 9.17) is 0 Å². The van der Waals surface area contributed by atoms with Crippen LogP contribution in [0.2, 0.25) is 0 Å². The molecule has 78 valence electrons. The van der Waals surface area contributed by atoms with E-state index in [0.717, 1.165) is 13.1 Å². The number of nitrogens with zero attached hydrogens (tertiary/aromatic N) is 1. The lowest BCUT2D eigenvalue weighted by molar-refractivity contribution is 0.694. The van der Waals surface area contributed by atoms with E-state index in [9.17, 15) is 0 Å². The monoisotopic (exact) mass is 200 g/mol. The van der Waals surface area contributed by atoms with Crippen LogP contribution in [-0.2, 0) is 7.05 Å². The molecule has 2 aromatic rings. The molecule has 0 saturated carbocycles. The third-order valence-corrected chi connectivity index (χ3v) is 3.47. The Labute approximate surface area is 89.9 Å². The molecule has 1 saturated heterocycles. The fourth-order valence-corrected chi connectivity index (χ4v) is 2.61. The van der Waals surface area contributed by atoms with Crippen molar-refractivity contribution in [3.63, 3.8) is 0 Å². The van der Waals surface area contributed by atoms with Gasteiger partial charge in [0.15, 0.2) is 0 Å². The molecule has 0 spiro atoms. The van der Waals surface area contributed by atoms with Gasteiger partial charge in [-0.05, 0) is 30.5 Å². The number of hydrogen-bond donors (Lipinski definition) is 1. The van der Waals surface area contributed by atoms with Crippen LogP contribution in [0, 0.1) is 0 Å². The van der Waals surface area contributed by atoms with Gasteiger partial charge in [0.1, 0.15) is 0 Å². The lowest BCUT2D eigenvalue weighted by Crippen LogP contribution is -2.10. The summed E-state index contributed by atoms with van der Waals surface area (Å²) in [6, 6.07) is 11.0. The quantitative estimate of drug-likeness (QED) is 0.747. The molecule has 3 rings (SSSR count). The average Bonchev–Trinajstić information content (AvgIpc) is 2.87. The van der Waals surface area contributed by atoms with Gasteiger partial charge in [0.2, 0.25) is 0 Å². The lowest BCUT2D eigenvalue weighted by Gasteiger charge is -2.09. The molecule has 0 amide bonds. The van der Waals surface area contributed by atoms with Gasteiger partial charge < -0.3 is 9.88 Å². The Morgan fingerprint density at radius 1 is 1.33 bits per heavy atom. The standard InChI is InChI=1S/C13H16N2/c1-15-12-5-3-2-4-10(12)8-13(15)11-6-7-14-9-11/h2-5,8,11,14H,6-7,9H2,1H3. The molecule has 0 aliphatic carbocycles. The molecule has 0 bridgehead atoms. The summed E-state index contributed by atoms with van der Waals surface area (Å²) >= 11 is 0. The van der Waals surface area contributed by atoms with Crippen LogP contribution < -0.4 is 5.32 Å². The molecule has 1 atom stereocenters. The zero-order chi connectivity index (χ0) is 10.3. The van der Waals surface area contributed by atoms with Crippen molar-refractivity contribution in [2.45, 2.75) is 12.3 Å². The van der Waals surface area contributed by atoms with E-state index in [0.29, 0.717) is 5.92 Å². The van der Waals surface area contributed by atoms with E-state index >= 15 is 0 Å². The normalized spacial score (nSPS) is 21.3. The van der Waals surface area contributed by atoms with Crippen molar-refractivity contribution in [1.29, 1.82) is 0 Å². The summed E-state index contributed by atoms with van der Waals surface area (Å²) in [5.41, 5.74) is 2.82. The van der Waals surface area contributed by atoms with Crippen LogP contribution in [0.5, 0.6) is 0 Å². The van der Waals surface area contributed by atoms with Crippen molar-refractivity contribution in [1.82, 2.24) is 9.88 Å². The van der Waals surface area contributed by atoms with Crippen molar-refractivity contribution in [2.24, 2.45) is 7.05 Å². The summed E-state index contributed by atoms with van der Waals surface area (Å²) in [4.78, 5) is 0. The summed E-state index contributed by atoms with van der Waals surface area (Å²) in [7, 11) is 2.18. The molecule has 2 nitrogen and oxygen atoms in total. The molecule has 1 aromatic heterocycles. The predicted octanol–water partition coefficient (Wildman–Crippen LogP) is 2.26. The number of rotatable bonds is 1. The maximum Gasteiger partial charge on any atom is 0.0479 e. The van der Waals surface area contributed by atoms with E-state index < -0.39 is 0 Å². The van der Waals surface area contributed by atoms with E-state index in [-0.39, 0.29) is 0 Å². The fourth-order valence-electron chi connectivity index (χ4n) is 2.61. The zero-order valence-electron chi connectivity index (χ0n) is 9.03. The first-order valence-corrected chi connectivity index (χ1v) is 5.61. The number of hydrogen-bond acceptors (Lipinski definition) is 1. The largest absolute Gasteiger partial charge is 0.347 e. The van der Waals surface area contributed by atoms with Crippen LogP contribution in [0.1, 0.15) is 18.0 Å².